The van der Waals surface area contributed by atoms with Crippen molar-refractivity contribution >= 4 is 16.9 Å². The van der Waals surface area contributed by atoms with E-state index >= 15 is 0 Å². The first-order chi connectivity index (χ1) is 16.8. The van der Waals surface area contributed by atoms with Gasteiger partial charge in [0.1, 0.15) is 5.82 Å². The van der Waals surface area contributed by atoms with Crippen molar-refractivity contribution in [3.8, 4) is 11.5 Å². The highest BCUT2D eigenvalue weighted by Gasteiger charge is 2.20. The highest BCUT2D eigenvalue weighted by atomic mass is 16.5. The number of aryl methyl sites for hydroxylation is 3. The molecule has 182 valence electrons. The van der Waals surface area contributed by atoms with Gasteiger partial charge in [0.05, 0.1) is 37.7 Å². The molecule has 1 amide bonds. The summed E-state index contributed by atoms with van der Waals surface area (Å²) in [5.41, 5.74) is 7.90. The van der Waals surface area contributed by atoms with E-state index in [0.717, 1.165) is 22.4 Å². The molecular weight excluding hydrogens is 438 g/mol. The molecule has 1 heterocycles. The molecular formula is C29H33N3O3. The van der Waals surface area contributed by atoms with E-state index in [1.54, 1.807) is 14.2 Å². The summed E-state index contributed by atoms with van der Waals surface area (Å²) in [6.07, 6.45) is 0.237. The van der Waals surface area contributed by atoms with Gasteiger partial charge in [0, 0.05) is 6.54 Å². The number of rotatable bonds is 8. The molecule has 1 unspecified atom stereocenters. The maximum atomic E-state index is 13.0. The summed E-state index contributed by atoms with van der Waals surface area (Å²) in [5, 5.41) is 3.14. The van der Waals surface area contributed by atoms with Gasteiger partial charge in [0.2, 0.25) is 5.91 Å². The minimum atomic E-state index is -0.263. The zero-order valence-corrected chi connectivity index (χ0v) is 21.3. The molecule has 0 spiro atoms. The number of fused-ring (bicyclic) bond motifs is 1. The second kappa shape index (κ2) is 10.2. The van der Waals surface area contributed by atoms with Crippen molar-refractivity contribution in [3.63, 3.8) is 0 Å². The highest BCUT2D eigenvalue weighted by molar-refractivity contribution is 5.80. The number of ether oxygens (including phenoxy) is 2. The lowest BCUT2D eigenvalue weighted by Crippen LogP contribution is -2.30. The van der Waals surface area contributed by atoms with Crippen LogP contribution in [0.4, 0.5) is 0 Å². The van der Waals surface area contributed by atoms with E-state index in [1.807, 2.05) is 43.3 Å². The molecule has 6 nitrogen and oxygen atoms in total. The Hall–Kier alpha value is -3.80. The number of carbonyl (C=O) groups is 1. The van der Waals surface area contributed by atoms with Crippen molar-refractivity contribution in [1.29, 1.82) is 0 Å². The molecule has 0 aliphatic carbocycles. The fourth-order valence-electron chi connectivity index (χ4n) is 4.74. The van der Waals surface area contributed by atoms with Crippen LogP contribution in [0, 0.1) is 20.8 Å². The van der Waals surface area contributed by atoms with E-state index in [1.165, 1.54) is 22.3 Å². The topological polar surface area (TPSA) is 65.4 Å². The molecule has 0 radical (unpaired) electrons. The number of aromatic nitrogens is 2. The monoisotopic (exact) mass is 471 g/mol. The van der Waals surface area contributed by atoms with Crippen molar-refractivity contribution in [2.24, 2.45) is 0 Å². The first-order valence-corrected chi connectivity index (χ1v) is 11.8. The van der Waals surface area contributed by atoms with Crippen LogP contribution in [-0.4, -0.2) is 29.7 Å². The zero-order valence-electron chi connectivity index (χ0n) is 21.3. The maximum absolute atomic E-state index is 13.0. The maximum Gasteiger partial charge on any atom is 0.224 e. The van der Waals surface area contributed by atoms with Crippen LogP contribution in [0.3, 0.4) is 0 Å². The second-order valence-corrected chi connectivity index (χ2v) is 9.08. The van der Waals surface area contributed by atoms with E-state index in [0.29, 0.717) is 18.0 Å². The molecule has 0 fully saturated rings. The number of imidazole rings is 1. The number of nitrogens with one attached hydrogen (secondary N) is 1. The van der Waals surface area contributed by atoms with E-state index in [-0.39, 0.29) is 18.4 Å². The number of hydrogen-bond acceptors (Lipinski definition) is 4. The average molecular weight is 472 g/mol. The molecule has 0 aliphatic rings. The number of nitrogens with zero attached hydrogens (tertiary/aromatic N) is 2. The Morgan fingerprint density at radius 3 is 2.34 bits per heavy atom. The standard InChI is InChI=1S/C29H33N3O3/c1-18-13-19(2)23(20(3)14-18)17-32-25-10-8-7-9-24(25)31-29(32)21(4)30-28(33)16-22-11-12-26(34-5)27(15-22)35-6/h7-15,21H,16-17H2,1-6H3,(H,30,33). The SMILES string of the molecule is COc1ccc(CC(=O)NC(C)c2nc3ccccc3n2Cc2c(C)cc(C)cc2C)cc1OC. The highest BCUT2D eigenvalue weighted by Crippen LogP contribution is 2.28. The second-order valence-electron chi connectivity index (χ2n) is 9.08. The van der Waals surface area contributed by atoms with Gasteiger partial charge in [-0.25, -0.2) is 4.98 Å². The van der Waals surface area contributed by atoms with Crippen molar-refractivity contribution in [2.45, 2.75) is 46.7 Å². The molecule has 3 aromatic carbocycles. The molecule has 1 N–H and O–H groups in total. The molecule has 0 aliphatic heterocycles. The van der Waals surface area contributed by atoms with Crippen LogP contribution in [0.15, 0.2) is 54.6 Å². The Bertz CT molecular complexity index is 1350. The number of carbonyl (C=O) groups excluding carboxylic acids is 1. The number of hydrogen-bond donors (Lipinski definition) is 1. The third-order valence-corrected chi connectivity index (χ3v) is 6.42. The summed E-state index contributed by atoms with van der Waals surface area (Å²) in [7, 11) is 3.18. The third kappa shape index (κ3) is 5.16. The molecule has 0 bridgehead atoms. The first-order valence-electron chi connectivity index (χ1n) is 11.8. The number of amides is 1. The van der Waals surface area contributed by atoms with Crippen LogP contribution in [0.1, 0.15) is 46.6 Å². The third-order valence-electron chi connectivity index (χ3n) is 6.42. The molecule has 6 heteroatoms. The van der Waals surface area contributed by atoms with Crippen LogP contribution in [-0.2, 0) is 17.8 Å². The number of methoxy groups -OCH3 is 2. The van der Waals surface area contributed by atoms with E-state index in [2.05, 4.69) is 48.9 Å². The quantitative estimate of drug-likeness (QED) is 0.371. The summed E-state index contributed by atoms with van der Waals surface area (Å²) < 4.78 is 12.9. The van der Waals surface area contributed by atoms with Crippen molar-refractivity contribution in [3.05, 3.63) is 88.2 Å². The first kappa shape index (κ1) is 24.3. The van der Waals surface area contributed by atoms with E-state index in [9.17, 15) is 4.79 Å². The Kier molecular flexibility index (Phi) is 7.10. The molecule has 0 saturated heterocycles. The molecule has 4 aromatic rings. The van der Waals surface area contributed by atoms with Crippen LogP contribution in [0.5, 0.6) is 11.5 Å². The van der Waals surface area contributed by atoms with Gasteiger partial charge >= 0.3 is 0 Å². The lowest BCUT2D eigenvalue weighted by Gasteiger charge is -2.19. The minimum absolute atomic E-state index is 0.0778. The summed E-state index contributed by atoms with van der Waals surface area (Å²) in [4.78, 5) is 17.9. The summed E-state index contributed by atoms with van der Waals surface area (Å²) >= 11 is 0. The van der Waals surface area contributed by atoms with Gasteiger partial charge in [-0.05, 0) is 74.2 Å². The molecule has 1 aromatic heterocycles. The van der Waals surface area contributed by atoms with Crippen molar-refractivity contribution < 1.29 is 14.3 Å². The number of para-hydroxylation sites is 2. The van der Waals surface area contributed by atoms with Gasteiger partial charge in [0.25, 0.3) is 0 Å². The molecule has 35 heavy (non-hydrogen) atoms. The van der Waals surface area contributed by atoms with Crippen LogP contribution in [0.2, 0.25) is 0 Å². The Morgan fingerprint density at radius 1 is 0.971 bits per heavy atom. The minimum Gasteiger partial charge on any atom is -0.493 e. The molecule has 0 saturated carbocycles. The molecule has 4 rings (SSSR count). The van der Waals surface area contributed by atoms with Gasteiger partial charge in [0.15, 0.2) is 11.5 Å². The van der Waals surface area contributed by atoms with Gasteiger partial charge < -0.3 is 19.4 Å². The Labute approximate surface area is 206 Å². The van der Waals surface area contributed by atoms with Gasteiger partial charge in [-0.3, -0.25) is 4.79 Å². The van der Waals surface area contributed by atoms with E-state index in [4.69, 9.17) is 14.5 Å². The van der Waals surface area contributed by atoms with Crippen LogP contribution >= 0.6 is 0 Å². The zero-order chi connectivity index (χ0) is 25.1. The van der Waals surface area contributed by atoms with Gasteiger partial charge in [-0.1, -0.05) is 35.9 Å². The number of benzene rings is 3. The fourth-order valence-corrected chi connectivity index (χ4v) is 4.74. The van der Waals surface area contributed by atoms with Gasteiger partial charge in [-0.15, -0.1) is 0 Å². The van der Waals surface area contributed by atoms with Crippen LogP contribution < -0.4 is 14.8 Å². The normalized spacial score (nSPS) is 11.9. The summed E-state index contributed by atoms with van der Waals surface area (Å²) in [6.45, 7) is 9.12. The summed E-state index contributed by atoms with van der Waals surface area (Å²) in [5.74, 6) is 2.01. The fraction of sp³-hybridized carbons (Fsp3) is 0.310. The largest absolute Gasteiger partial charge is 0.493 e. The lowest BCUT2D eigenvalue weighted by molar-refractivity contribution is -0.121. The molecule has 1 atom stereocenters. The lowest BCUT2D eigenvalue weighted by atomic mass is 9.99. The van der Waals surface area contributed by atoms with Crippen LogP contribution in [0.25, 0.3) is 11.0 Å². The van der Waals surface area contributed by atoms with Crippen molar-refractivity contribution in [1.82, 2.24) is 14.9 Å². The van der Waals surface area contributed by atoms with Crippen molar-refractivity contribution in [2.75, 3.05) is 14.2 Å². The summed E-state index contributed by atoms with van der Waals surface area (Å²) in [6, 6.07) is 17.8. The van der Waals surface area contributed by atoms with E-state index < -0.39 is 0 Å². The van der Waals surface area contributed by atoms with Gasteiger partial charge in [-0.2, -0.15) is 0 Å². The predicted molar refractivity (Wildman–Crippen MR) is 139 cm³/mol. The predicted octanol–water partition coefficient (Wildman–Crippen LogP) is 5.45. The average Bonchev–Trinajstić information content (AvgIpc) is 3.19. The smallest absolute Gasteiger partial charge is 0.224 e. The Balaban J connectivity index is 1.60. The Morgan fingerprint density at radius 2 is 1.66 bits per heavy atom.